The monoisotopic (exact) mass is 444 g/mol. The van der Waals surface area contributed by atoms with Gasteiger partial charge in [-0.25, -0.2) is 9.37 Å². The Morgan fingerprint density at radius 3 is 2.31 bits per heavy atom. The third-order valence-electron chi connectivity index (χ3n) is 5.64. The zero-order chi connectivity index (χ0) is 22.5. The molecule has 0 bridgehead atoms. The summed E-state index contributed by atoms with van der Waals surface area (Å²) in [5, 5.41) is 13.3. The van der Waals surface area contributed by atoms with Crippen molar-refractivity contribution in [3.8, 4) is 11.1 Å². The summed E-state index contributed by atoms with van der Waals surface area (Å²) in [6.07, 6.45) is 1.34. The van der Waals surface area contributed by atoms with Crippen molar-refractivity contribution in [1.82, 2.24) is 4.98 Å². The van der Waals surface area contributed by atoms with Gasteiger partial charge in [-0.3, -0.25) is 0 Å². The molecule has 0 saturated carbocycles. The fourth-order valence-electron chi connectivity index (χ4n) is 3.96. The van der Waals surface area contributed by atoms with Gasteiger partial charge in [-0.1, -0.05) is 95.6 Å². The molecule has 3 nitrogen and oxygen atoms in total. The van der Waals surface area contributed by atoms with Gasteiger partial charge in [-0.05, 0) is 40.8 Å². The molecule has 32 heavy (non-hydrogen) atoms. The van der Waals surface area contributed by atoms with Crippen molar-refractivity contribution >= 4 is 17.3 Å². The Kier molecular flexibility index (Phi) is 6.62. The highest BCUT2D eigenvalue weighted by Gasteiger charge is 2.22. The molecular weight excluding hydrogens is 423 g/mol. The van der Waals surface area contributed by atoms with E-state index in [0.29, 0.717) is 6.42 Å². The molecule has 4 aromatic rings. The lowest BCUT2D eigenvalue weighted by atomic mass is 9.83. The van der Waals surface area contributed by atoms with Gasteiger partial charge in [0, 0.05) is 17.9 Å². The first-order chi connectivity index (χ1) is 15.6. The maximum absolute atomic E-state index is 14.5. The van der Waals surface area contributed by atoms with Crippen LogP contribution in [0.5, 0.6) is 0 Å². The highest BCUT2D eigenvalue weighted by atomic mass is 35.5. The zero-order valence-electron chi connectivity index (χ0n) is 17.5. The molecule has 0 aliphatic rings. The van der Waals surface area contributed by atoms with E-state index in [2.05, 4.69) is 52.6 Å². The Morgan fingerprint density at radius 2 is 1.62 bits per heavy atom. The Bertz CT molecular complexity index is 1240. The van der Waals surface area contributed by atoms with Gasteiger partial charge in [-0.15, -0.1) is 0 Å². The number of benzene rings is 3. The first kappa shape index (κ1) is 21.7. The van der Waals surface area contributed by atoms with Gasteiger partial charge in [0.1, 0.15) is 5.15 Å². The Morgan fingerprint density at radius 1 is 0.969 bits per heavy atom. The number of nitrogens with zero attached hydrogens (tertiary/aromatic N) is 2. The van der Waals surface area contributed by atoms with Gasteiger partial charge in [0.15, 0.2) is 5.82 Å². The van der Waals surface area contributed by atoms with Crippen molar-refractivity contribution in [2.45, 2.75) is 19.3 Å². The number of aryl methyl sites for hydroxylation is 1. The quantitative estimate of drug-likeness (QED) is 0.147. The molecule has 160 valence electrons. The van der Waals surface area contributed by atoms with Crippen LogP contribution in [0.4, 0.5) is 4.39 Å². The average Bonchev–Trinajstić information content (AvgIpc) is 2.83. The van der Waals surface area contributed by atoms with Crippen LogP contribution in [-0.2, 0) is 0 Å². The average molecular weight is 445 g/mol. The number of hydrogen-bond donors (Lipinski definition) is 1. The Hall–Kier alpha value is -3.50. The van der Waals surface area contributed by atoms with Gasteiger partial charge in [0.2, 0.25) is 0 Å². The molecule has 0 fully saturated rings. The van der Waals surface area contributed by atoms with Gasteiger partial charge in [0.25, 0.3) is 0 Å². The smallest absolute Gasteiger partial charge is 0.150 e. The largest absolute Gasteiger partial charge is 0.411 e. The molecular formula is C27H22ClFN2O. The van der Waals surface area contributed by atoms with Crippen molar-refractivity contribution in [2.75, 3.05) is 0 Å². The summed E-state index contributed by atoms with van der Waals surface area (Å²) in [7, 11) is 0. The summed E-state index contributed by atoms with van der Waals surface area (Å²) in [4.78, 5) is 3.76. The molecule has 0 saturated heterocycles. The molecule has 0 amide bonds. The second-order valence-electron chi connectivity index (χ2n) is 7.63. The van der Waals surface area contributed by atoms with Crippen LogP contribution in [-0.4, -0.2) is 15.9 Å². The Balaban J connectivity index is 1.74. The highest BCUT2D eigenvalue weighted by Crippen LogP contribution is 2.33. The Labute approximate surface area is 191 Å². The number of aromatic nitrogens is 1. The van der Waals surface area contributed by atoms with E-state index in [4.69, 9.17) is 11.6 Å². The minimum Gasteiger partial charge on any atom is -0.411 e. The van der Waals surface area contributed by atoms with E-state index in [1.165, 1.54) is 6.07 Å². The molecule has 0 unspecified atom stereocenters. The lowest BCUT2D eigenvalue weighted by Crippen LogP contribution is -2.13. The summed E-state index contributed by atoms with van der Waals surface area (Å²) in [5.41, 5.74) is 5.84. The number of rotatable bonds is 6. The molecule has 3 aromatic carbocycles. The van der Waals surface area contributed by atoms with Crippen molar-refractivity contribution in [2.24, 2.45) is 5.16 Å². The lowest BCUT2D eigenvalue weighted by Gasteiger charge is -2.21. The minimum absolute atomic E-state index is 0.140. The fraction of sp³-hybridized carbons (Fsp3) is 0.111. The van der Waals surface area contributed by atoms with E-state index in [1.54, 1.807) is 0 Å². The van der Waals surface area contributed by atoms with Crippen LogP contribution in [0, 0.1) is 12.7 Å². The zero-order valence-corrected chi connectivity index (χ0v) is 18.3. The first-order valence-electron chi connectivity index (χ1n) is 10.3. The van der Waals surface area contributed by atoms with E-state index in [-0.39, 0.29) is 22.3 Å². The van der Waals surface area contributed by atoms with Gasteiger partial charge in [0.05, 0.1) is 11.9 Å². The van der Waals surface area contributed by atoms with Crippen LogP contribution in [0.25, 0.3) is 11.1 Å². The molecule has 0 radical (unpaired) electrons. The molecule has 1 N–H and O–H groups in total. The number of pyridine rings is 1. The van der Waals surface area contributed by atoms with Crippen molar-refractivity contribution < 1.29 is 9.60 Å². The van der Waals surface area contributed by atoms with Crippen LogP contribution in [0.1, 0.15) is 34.6 Å². The maximum Gasteiger partial charge on any atom is 0.150 e. The summed E-state index contributed by atoms with van der Waals surface area (Å²) >= 11 is 5.97. The van der Waals surface area contributed by atoms with Crippen LogP contribution < -0.4 is 0 Å². The normalized spacial score (nSPS) is 12.5. The van der Waals surface area contributed by atoms with Gasteiger partial charge < -0.3 is 5.21 Å². The summed E-state index contributed by atoms with van der Waals surface area (Å²) in [6, 6.07) is 27.9. The van der Waals surface area contributed by atoms with E-state index in [1.807, 2.05) is 43.3 Å². The maximum atomic E-state index is 14.5. The number of halogens is 2. The van der Waals surface area contributed by atoms with E-state index in [0.717, 1.165) is 34.0 Å². The lowest BCUT2D eigenvalue weighted by molar-refractivity contribution is 0.317. The molecule has 4 rings (SSSR count). The second-order valence-corrected chi connectivity index (χ2v) is 8.02. The van der Waals surface area contributed by atoms with Crippen molar-refractivity contribution in [3.63, 3.8) is 0 Å². The number of oxime groups is 1. The van der Waals surface area contributed by atoms with Crippen LogP contribution in [0.15, 0.2) is 96.3 Å². The van der Waals surface area contributed by atoms with Gasteiger partial charge >= 0.3 is 0 Å². The third-order valence-corrected chi connectivity index (χ3v) is 5.84. The molecule has 1 heterocycles. The molecule has 1 aromatic heterocycles. The van der Waals surface area contributed by atoms with E-state index < -0.39 is 5.82 Å². The van der Waals surface area contributed by atoms with Crippen LogP contribution in [0.2, 0.25) is 5.15 Å². The fourth-order valence-corrected chi connectivity index (χ4v) is 4.11. The number of hydrogen-bond acceptors (Lipinski definition) is 3. The molecule has 0 spiro atoms. The van der Waals surface area contributed by atoms with Crippen LogP contribution >= 0.6 is 11.6 Å². The highest BCUT2D eigenvalue weighted by molar-refractivity contribution is 6.29. The van der Waals surface area contributed by atoms with Crippen molar-refractivity contribution in [1.29, 1.82) is 0 Å². The molecule has 0 aliphatic heterocycles. The van der Waals surface area contributed by atoms with E-state index in [9.17, 15) is 9.60 Å². The minimum atomic E-state index is -0.579. The van der Waals surface area contributed by atoms with Gasteiger partial charge in [-0.2, -0.15) is 0 Å². The summed E-state index contributed by atoms with van der Waals surface area (Å²) in [5.74, 6) is -0.719. The predicted molar refractivity (Wildman–Crippen MR) is 127 cm³/mol. The summed E-state index contributed by atoms with van der Waals surface area (Å²) < 4.78 is 14.5. The first-order valence-corrected chi connectivity index (χ1v) is 10.7. The standard InChI is InChI=1S/C27H22ClFN2O/c1-18-7-5-6-10-22(18)23(15-26(31-32)24-16-27(28)30-17-25(24)29)21-13-11-20(12-14-21)19-8-3-2-4-9-19/h2-14,16-17,23,32H,15H2,1H3/b31-26+/t23-/m1/s1. The second kappa shape index (κ2) is 9.75. The molecule has 5 heteroatoms. The third kappa shape index (κ3) is 4.71. The molecule has 0 aliphatic carbocycles. The van der Waals surface area contributed by atoms with Crippen LogP contribution in [0.3, 0.4) is 0 Å². The summed E-state index contributed by atoms with van der Waals surface area (Å²) in [6.45, 7) is 2.04. The SMILES string of the molecule is Cc1ccccc1[C@H](C/C(=N\O)c1cc(Cl)ncc1F)c1ccc(-c2ccccc2)cc1. The molecule has 1 atom stereocenters. The van der Waals surface area contributed by atoms with Crippen molar-refractivity contribution in [3.05, 3.63) is 124 Å². The topological polar surface area (TPSA) is 45.5 Å². The predicted octanol–water partition coefficient (Wildman–Crippen LogP) is 7.25. The van der Waals surface area contributed by atoms with E-state index >= 15 is 0 Å².